The Balaban J connectivity index is 1.38. The summed E-state index contributed by atoms with van der Waals surface area (Å²) < 4.78 is 10.1. The van der Waals surface area contributed by atoms with Gasteiger partial charge in [0, 0.05) is 33.2 Å². The topological polar surface area (TPSA) is 88.6 Å². The number of piperidine rings is 2. The molecule has 0 aromatic heterocycles. The highest BCUT2D eigenvalue weighted by Gasteiger charge is 2.58. The zero-order valence-electron chi connectivity index (χ0n) is 20.8. The van der Waals surface area contributed by atoms with Gasteiger partial charge in [-0.15, -0.1) is 0 Å². The second-order valence-electron chi connectivity index (χ2n) is 9.76. The zero-order chi connectivity index (χ0) is 24.8. The van der Waals surface area contributed by atoms with E-state index in [1.54, 1.807) is 7.11 Å². The van der Waals surface area contributed by atoms with Crippen LogP contribution in [0.15, 0.2) is 30.3 Å². The monoisotopic (exact) mass is 487 g/mol. The maximum absolute atomic E-state index is 13.2. The van der Waals surface area contributed by atoms with Crippen LogP contribution in [0.5, 0.6) is 0 Å². The van der Waals surface area contributed by atoms with E-state index in [9.17, 15) is 14.4 Å². The summed E-state index contributed by atoms with van der Waals surface area (Å²) >= 11 is 0. The molecule has 9 nitrogen and oxygen atoms in total. The normalized spacial score (nSPS) is 24.7. The van der Waals surface area contributed by atoms with Crippen LogP contribution in [0.1, 0.15) is 43.6 Å². The van der Waals surface area contributed by atoms with E-state index in [-0.39, 0.29) is 24.8 Å². The third-order valence-corrected chi connectivity index (χ3v) is 7.77. The third-order valence-electron chi connectivity index (χ3n) is 7.77. The van der Waals surface area contributed by atoms with Crippen LogP contribution < -0.4 is 0 Å². The van der Waals surface area contributed by atoms with E-state index in [4.69, 9.17) is 14.3 Å². The van der Waals surface area contributed by atoms with E-state index in [0.29, 0.717) is 45.0 Å². The molecule has 3 aliphatic rings. The number of carbonyl (C=O) groups excluding carboxylic acids is 3. The van der Waals surface area contributed by atoms with Crippen molar-refractivity contribution < 1.29 is 28.7 Å². The molecule has 0 N–H and O–H groups in total. The van der Waals surface area contributed by atoms with Gasteiger partial charge >= 0.3 is 5.97 Å². The number of carbonyl (C=O) groups is 3. The number of rotatable bonds is 8. The summed E-state index contributed by atoms with van der Waals surface area (Å²) in [5, 5.41) is 1.38. The Bertz CT molecular complexity index is 886. The van der Waals surface area contributed by atoms with Gasteiger partial charge in [0.05, 0.1) is 38.3 Å². The maximum atomic E-state index is 13.2. The molecule has 0 radical (unpaired) electrons. The predicted molar refractivity (Wildman–Crippen MR) is 128 cm³/mol. The van der Waals surface area contributed by atoms with Crippen LogP contribution in [-0.4, -0.2) is 98.3 Å². The Morgan fingerprint density at radius 2 is 1.80 bits per heavy atom. The first kappa shape index (κ1) is 25.6. The molecule has 2 atom stereocenters. The van der Waals surface area contributed by atoms with Gasteiger partial charge in [0.2, 0.25) is 11.8 Å². The number of esters is 1. The summed E-state index contributed by atoms with van der Waals surface area (Å²) in [6.07, 6.45) is 3.23. The number of amides is 2. The number of hydroxylamine groups is 2. The molecule has 1 spiro atoms. The lowest BCUT2D eigenvalue weighted by molar-refractivity contribution is -0.226. The van der Waals surface area contributed by atoms with Gasteiger partial charge in [-0.05, 0) is 43.7 Å². The molecule has 0 saturated carbocycles. The fourth-order valence-electron chi connectivity index (χ4n) is 5.88. The summed E-state index contributed by atoms with van der Waals surface area (Å²) in [5.74, 6) is -0.689. The number of hydrogen-bond donors (Lipinski definition) is 0. The second-order valence-corrected chi connectivity index (χ2v) is 9.76. The van der Waals surface area contributed by atoms with Crippen molar-refractivity contribution in [2.75, 3.05) is 60.2 Å². The Morgan fingerprint density at radius 1 is 1.06 bits per heavy atom. The van der Waals surface area contributed by atoms with E-state index in [1.807, 2.05) is 11.0 Å². The average Bonchev–Trinajstić information content (AvgIpc) is 3.15. The molecule has 9 heteroatoms. The predicted octanol–water partition coefficient (Wildman–Crippen LogP) is 1.83. The Morgan fingerprint density at radius 3 is 2.49 bits per heavy atom. The molecule has 2 amide bonds. The summed E-state index contributed by atoms with van der Waals surface area (Å²) in [4.78, 5) is 48.4. The largest absolute Gasteiger partial charge is 0.469 e. The van der Waals surface area contributed by atoms with Gasteiger partial charge in [0.15, 0.2) is 0 Å². The highest BCUT2D eigenvalue weighted by atomic mass is 16.7. The van der Waals surface area contributed by atoms with Gasteiger partial charge in [0.25, 0.3) is 0 Å². The molecule has 1 aromatic carbocycles. The summed E-state index contributed by atoms with van der Waals surface area (Å²) in [5.41, 5.74) is 0.538. The molecule has 3 fully saturated rings. The van der Waals surface area contributed by atoms with Crippen LogP contribution >= 0.6 is 0 Å². The van der Waals surface area contributed by atoms with E-state index in [0.717, 1.165) is 25.9 Å². The first-order valence-electron chi connectivity index (χ1n) is 12.6. The van der Waals surface area contributed by atoms with Crippen LogP contribution in [0.3, 0.4) is 0 Å². The van der Waals surface area contributed by atoms with Crippen molar-refractivity contribution >= 4 is 17.8 Å². The highest BCUT2D eigenvalue weighted by molar-refractivity contribution is 5.88. The molecule has 2 unspecified atom stereocenters. The van der Waals surface area contributed by atoms with Gasteiger partial charge < -0.3 is 14.4 Å². The number of hydrogen-bond acceptors (Lipinski definition) is 7. The molecule has 192 valence electrons. The number of likely N-dealkylation sites (tertiary alicyclic amines) is 2. The standard InChI is InChI=1S/C26H37N3O6/c1-33-15-16-35-29-23(30)17-22(25(32)34-2)26(29)10-13-28(14-11-26)24(31)19-27-12-6-9-21(18-27)20-7-4-3-5-8-20/h3-5,7-8,21-22H,6,9-19H2,1-2H3. The van der Waals surface area contributed by atoms with Crippen molar-refractivity contribution in [3.05, 3.63) is 35.9 Å². The fourth-order valence-corrected chi connectivity index (χ4v) is 5.88. The van der Waals surface area contributed by atoms with Crippen LogP contribution in [0.2, 0.25) is 0 Å². The number of nitrogens with zero attached hydrogens (tertiary/aromatic N) is 3. The number of benzene rings is 1. The molecule has 1 aromatic rings. The quantitative estimate of drug-likeness (QED) is 0.408. The van der Waals surface area contributed by atoms with Crippen molar-refractivity contribution in [3.63, 3.8) is 0 Å². The molecule has 3 saturated heterocycles. The summed E-state index contributed by atoms with van der Waals surface area (Å²) in [7, 11) is 2.91. The lowest BCUT2D eigenvalue weighted by atomic mass is 9.77. The summed E-state index contributed by atoms with van der Waals surface area (Å²) in [6.45, 7) is 3.70. The maximum Gasteiger partial charge on any atom is 0.311 e. The van der Waals surface area contributed by atoms with E-state index < -0.39 is 17.4 Å². The minimum absolute atomic E-state index is 0.0578. The molecule has 3 aliphatic heterocycles. The SMILES string of the molecule is COCCON1C(=O)CC(C(=O)OC)C12CCN(C(=O)CN1CCCC(c3ccccc3)C1)CC2. The van der Waals surface area contributed by atoms with Gasteiger partial charge in [-0.1, -0.05) is 30.3 Å². The molecule has 0 bridgehead atoms. The highest BCUT2D eigenvalue weighted by Crippen LogP contribution is 2.44. The number of ether oxygens (including phenoxy) is 2. The van der Waals surface area contributed by atoms with Gasteiger partial charge in [-0.3, -0.25) is 24.1 Å². The van der Waals surface area contributed by atoms with Crippen LogP contribution in [0.4, 0.5) is 0 Å². The van der Waals surface area contributed by atoms with Crippen molar-refractivity contribution in [2.24, 2.45) is 5.92 Å². The van der Waals surface area contributed by atoms with E-state index in [2.05, 4.69) is 29.2 Å². The first-order chi connectivity index (χ1) is 17.0. The Labute approximate surface area is 207 Å². The molecular formula is C26H37N3O6. The third kappa shape index (κ3) is 5.52. The van der Waals surface area contributed by atoms with Crippen LogP contribution in [0.25, 0.3) is 0 Å². The Kier molecular flexibility index (Phi) is 8.41. The lowest BCUT2D eigenvalue weighted by Gasteiger charge is -2.46. The minimum atomic E-state index is -0.793. The van der Waals surface area contributed by atoms with Crippen LogP contribution in [0, 0.1) is 5.92 Å². The minimum Gasteiger partial charge on any atom is -0.469 e. The van der Waals surface area contributed by atoms with Gasteiger partial charge in [0.1, 0.15) is 0 Å². The molecule has 4 rings (SSSR count). The molecule has 35 heavy (non-hydrogen) atoms. The molecule has 3 heterocycles. The molecule has 0 aliphatic carbocycles. The van der Waals surface area contributed by atoms with Crippen LogP contribution in [-0.2, 0) is 28.7 Å². The van der Waals surface area contributed by atoms with Gasteiger partial charge in [-0.25, -0.2) is 5.06 Å². The van der Waals surface area contributed by atoms with Crippen molar-refractivity contribution in [3.8, 4) is 0 Å². The lowest BCUT2D eigenvalue weighted by Crippen LogP contribution is -2.59. The second kappa shape index (κ2) is 11.5. The Hall–Kier alpha value is -2.49. The van der Waals surface area contributed by atoms with Gasteiger partial charge in [-0.2, -0.15) is 0 Å². The van der Waals surface area contributed by atoms with E-state index in [1.165, 1.54) is 17.7 Å². The smallest absolute Gasteiger partial charge is 0.311 e. The van der Waals surface area contributed by atoms with Crippen molar-refractivity contribution in [1.82, 2.24) is 14.9 Å². The summed E-state index contributed by atoms with van der Waals surface area (Å²) in [6, 6.07) is 10.5. The first-order valence-corrected chi connectivity index (χ1v) is 12.6. The average molecular weight is 488 g/mol. The zero-order valence-corrected chi connectivity index (χ0v) is 20.8. The fraction of sp³-hybridized carbons (Fsp3) is 0.654. The van der Waals surface area contributed by atoms with E-state index >= 15 is 0 Å². The molecular weight excluding hydrogens is 450 g/mol. The number of methoxy groups -OCH3 is 2. The van der Waals surface area contributed by atoms with Crippen molar-refractivity contribution in [2.45, 2.75) is 43.6 Å². The van der Waals surface area contributed by atoms with Crippen molar-refractivity contribution in [1.29, 1.82) is 0 Å².